The van der Waals surface area contributed by atoms with E-state index in [1.165, 1.54) is 0 Å². The fourth-order valence-corrected chi connectivity index (χ4v) is 3.16. The maximum absolute atomic E-state index is 12.3. The Hall–Kier alpha value is -1.26. The van der Waals surface area contributed by atoms with E-state index in [0.29, 0.717) is 16.8 Å². The number of anilines is 1. The summed E-state index contributed by atoms with van der Waals surface area (Å²) in [5, 5.41) is 3.50. The molecular formula is C16H24ClN3O. The average molecular weight is 310 g/mol. The lowest BCUT2D eigenvalue weighted by Gasteiger charge is -2.26. The molecular weight excluding hydrogens is 286 g/mol. The van der Waals surface area contributed by atoms with Crippen molar-refractivity contribution in [2.24, 2.45) is 0 Å². The summed E-state index contributed by atoms with van der Waals surface area (Å²) in [6.45, 7) is 9.96. The van der Waals surface area contributed by atoms with Gasteiger partial charge in [-0.25, -0.2) is 4.79 Å². The summed E-state index contributed by atoms with van der Waals surface area (Å²) < 4.78 is 0. The van der Waals surface area contributed by atoms with Crippen molar-refractivity contribution in [3.63, 3.8) is 0 Å². The van der Waals surface area contributed by atoms with Crippen LogP contribution in [0.15, 0.2) is 18.2 Å². The minimum atomic E-state index is -0.0598. The van der Waals surface area contributed by atoms with Gasteiger partial charge in [0.05, 0.1) is 10.7 Å². The van der Waals surface area contributed by atoms with Gasteiger partial charge in [-0.15, -0.1) is 0 Å². The Bertz CT molecular complexity index is 502. The third kappa shape index (κ3) is 3.89. The molecule has 0 bridgehead atoms. The van der Waals surface area contributed by atoms with Crippen LogP contribution in [-0.2, 0) is 0 Å². The minimum Gasteiger partial charge on any atom is -0.323 e. The van der Waals surface area contributed by atoms with Gasteiger partial charge >= 0.3 is 6.03 Å². The van der Waals surface area contributed by atoms with Gasteiger partial charge in [0.15, 0.2) is 0 Å². The zero-order valence-electron chi connectivity index (χ0n) is 13.0. The Morgan fingerprint density at radius 3 is 2.76 bits per heavy atom. The molecule has 0 spiro atoms. The van der Waals surface area contributed by atoms with Gasteiger partial charge in [0.1, 0.15) is 0 Å². The fraction of sp³-hybridized carbons (Fsp3) is 0.562. The van der Waals surface area contributed by atoms with E-state index in [1.807, 2.05) is 30.0 Å². The highest BCUT2D eigenvalue weighted by Crippen LogP contribution is 2.24. The van der Waals surface area contributed by atoms with Gasteiger partial charge in [0, 0.05) is 19.1 Å². The highest BCUT2D eigenvalue weighted by atomic mass is 35.5. The van der Waals surface area contributed by atoms with E-state index in [0.717, 1.165) is 38.2 Å². The molecule has 0 saturated carbocycles. The van der Waals surface area contributed by atoms with E-state index in [1.54, 1.807) is 0 Å². The van der Waals surface area contributed by atoms with Crippen molar-refractivity contribution in [2.75, 3.05) is 31.5 Å². The summed E-state index contributed by atoms with van der Waals surface area (Å²) in [5.74, 6) is 0. The molecule has 2 amide bonds. The van der Waals surface area contributed by atoms with Crippen molar-refractivity contribution < 1.29 is 4.79 Å². The van der Waals surface area contributed by atoms with Crippen LogP contribution in [0.25, 0.3) is 0 Å². The molecule has 1 aliphatic heterocycles. The Labute approximate surface area is 132 Å². The van der Waals surface area contributed by atoms with Gasteiger partial charge in [-0.2, -0.15) is 0 Å². The van der Waals surface area contributed by atoms with Crippen molar-refractivity contribution in [3.05, 3.63) is 28.8 Å². The quantitative estimate of drug-likeness (QED) is 0.922. The number of amides is 2. The number of benzene rings is 1. The van der Waals surface area contributed by atoms with E-state index in [2.05, 4.69) is 24.1 Å². The van der Waals surface area contributed by atoms with Gasteiger partial charge in [0.2, 0.25) is 0 Å². The molecule has 1 aliphatic rings. The number of urea groups is 1. The van der Waals surface area contributed by atoms with Crippen molar-refractivity contribution in [3.8, 4) is 0 Å². The number of rotatable bonds is 4. The summed E-state index contributed by atoms with van der Waals surface area (Å²) in [4.78, 5) is 16.6. The highest BCUT2D eigenvalue weighted by molar-refractivity contribution is 6.33. The summed E-state index contributed by atoms with van der Waals surface area (Å²) in [5.41, 5.74) is 1.76. The molecule has 21 heavy (non-hydrogen) atoms. The topological polar surface area (TPSA) is 35.6 Å². The number of nitrogens with zero attached hydrogens (tertiary/aromatic N) is 2. The molecule has 0 unspecified atom stereocenters. The van der Waals surface area contributed by atoms with E-state index < -0.39 is 0 Å². The number of halogens is 1. The maximum Gasteiger partial charge on any atom is 0.321 e. The van der Waals surface area contributed by atoms with Crippen molar-refractivity contribution in [1.82, 2.24) is 9.80 Å². The Morgan fingerprint density at radius 2 is 2.14 bits per heavy atom. The second kappa shape index (κ2) is 7.14. The molecule has 0 aliphatic carbocycles. The molecule has 116 valence electrons. The fourth-order valence-electron chi connectivity index (χ4n) is 2.88. The second-order valence-corrected chi connectivity index (χ2v) is 5.93. The second-order valence-electron chi connectivity index (χ2n) is 5.52. The SMILES string of the molecule is CCN(CC)[C@H]1CCN(C(=O)Nc2ccc(C)cc2Cl)C1. The number of carbonyl (C=O) groups excluding carboxylic acids is 1. The lowest BCUT2D eigenvalue weighted by Crippen LogP contribution is -2.39. The first-order valence-corrected chi connectivity index (χ1v) is 7.99. The summed E-state index contributed by atoms with van der Waals surface area (Å²) in [6.07, 6.45) is 1.04. The molecule has 1 saturated heterocycles. The molecule has 1 fully saturated rings. The van der Waals surface area contributed by atoms with E-state index in [4.69, 9.17) is 11.6 Å². The monoisotopic (exact) mass is 309 g/mol. The first kappa shape index (κ1) is 16.1. The molecule has 1 atom stereocenters. The predicted molar refractivity (Wildman–Crippen MR) is 88.1 cm³/mol. The van der Waals surface area contributed by atoms with Crippen LogP contribution in [0.2, 0.25) is 5.02 Å². The Balaban J connectivity index is 1.95. The van der Waals surface area contributed by atoms with Gasteiger partial charge in [-0.05, 0) is 44.1 Å². The molecule has 4 nitrogen and oxygen atoms in total. The van der Waals surface area contributed by atoms with E-state index >= 15 is 0 Å². The first-order valence-electron chi connectivity index (χ1n) is 7.61. The zero-order valence-corrected chi connectivity index (χ0v) is 13.8. The standard InChI is InChI=1S/C16H24ClN3O/c1-4-19(5-2)13-8-9-20(11-13)16(21)18-15-7-6-12(3)10-14(15)17/h6-7,10,13H,4-5,8-9,11H2,1-3H3,(H,18,21)/t13-/m0/s1. The van der Waals surface area contributed by atoms with Gasteiger partial charge in [-0.3, -0.25) is 4.90 Å². The van der Waals surface area contributed by atoms with Crippen LogP contribution in [0.3, 0.4) is 0 Å². The molecule has 1 aromatic carbocycles. The molecule has 1 heterocycles. The number of aryl methyl sites for hydroxylation is 1. The van der Waals surface area contributed by atoms with E-state index in [-0.39, 0.29) is 6.03 Å². The lowest BCUT2D eigenvalue weighted by molar-refractivity contribution is 0.202. The van der Waals surface area contributed by atoms with Crippen molar-refractivity contribution in [2.45, 2.75) is 33.2 Å². The van der Waals surface area contributed by atoms with Crippen LogP contribution in [0.5, 0.6) is 0 Å². The normalized spacial score (nSPS) is 18.3. The maximum atomic E-state index is 12.3. The Kier molecular flexibility index (Phi) is 5.48. The van der Waals surface area contributed by atoms with Crippen LogP contribution in [-0.4, -0.2) is 48.1 Å². The van der Waals surface area contributed by atoms with Crippen LogP contribution in [0, 0.1) is 6.92 Å². The molecule has 0 aromatic heterocycles. The third-order valence-electron chi connectivity index (χ3n) is 4.15. The van der Waals surface area contributed by atoms with Crippen LogP contribution in [0.4, 0.5) is 10.5 Å². The molecule has 2 rings (SSSR count). The first-order chi connectivity index (χ1) is 10.0. The smallest absolute Gasteiger partial charge is 0.321 e. The number of carbonyl (C=O) groups is 1. The highest BCUT2D eigenvalue weighted by Gasteiger charge is 2.29. The molecule has 1 aromatic rings. The van der Waals surface area contributed by atoms with Gasteiger partial charge < -0.3 is 10.2 Å². The lowest BCUT2D eigenvalue weighted by atomic mass is 10.2. The summed E-state index contributed by atoms with van der Waals surface area (Å²) in [7, 11) is 0. The van der Waals surface area contributed by atoms with Crippen LogP contribution >= 0.6 is 11.6 Å². The van der Waals surface area contributed by atoms with Crippen LogP contribution < -0.4 is 5.32 Å². The Morgan fingerprint density at radius 1 is 1.43 bits per heavy atom. The largest absolute Gasteiger partial charge is 0.323 e. The average Bonchev–Trinajstić information content (AvgIpc) is 2.93. The third-order valence-corrected chi connectivity index (χ3v) is 4.46. The number of likely N-dealkylation sites (tertiary alicyclic amines) is 1. The minimum absolute atomic E-state index is 0.0598. The number of hydrogen-bond acceptors (Lipinski definition) is 2. The number of hydrogen-bond donors (Lipinski definition) is 1. The zero-order chi connectivity index (χ0) is 15.4. The van der Waals surface area contributed by atoms with Crippen LogP contribution in [0.1, 0.15) is 25.8 Å². The number of likely N-dealkylation sites (N-methyl/N-ethyl adjacent to an activating group) is 1. The summed E-state index contributed by atoms with van der Waals surface area (Å²) in [6, 6.07) is 6.08. The van der Waals surface area contributed by atoms with Gasteiger partial charge in [-0.1, -0.05) is 31.5 Å². The van der Waals surface area contributed by atoms with Crippen molar-refractivity contribution in [1.29, 1.82) is 0 Å². The summed E-state index contributed by atoms with van der Waals surface area (Å²) >= 11 is 6.16. The van der Waals surface area contributed by atoms with Crippen molar-refractivity contribution >= 4 is 23.3 Å². The molecule has 0 radical (unpaired) electrons. The van der Waals surface area contributed by atoms with E-state index in [9.17, 15) is 4.79 Å². The molecule has 5 heteroatoms. The van der Waals surface area contributed by atoms with Gasteiger partial charge in [0.25, 0.3) is 0 Å². The number of nitrogens with one attached hydrogen (secondary N) is 1. The predicted octanol–water partition coefficient (Wildman–Crippen LogP) is 3.60. The molecule has 1 N–H and O–H groups in total.